The lowest BCUT2D eigenvalue weighted by atomic mass is 10.1. The molecule has 6 nitrogen and oxygen atoms in total. The highest BCUT2D eigenvalue weighted by Gasteiger charge is 2.22. The molecule has 0 fully saturated rings. The maximum absolute atomic E-state index is 11.4. The lowest BCUT2D eigenvalue weighted by molar-refractivity contribution is -0.116. The lowest BCUT2D eigenvalue weighted by Gasteiger charge is -2.25. The number of amides is 1. The monoisotopic (exact) mass is 287 g/mol. The second-order valence-electron chi connectivity index (χ2n) is 4.62. The first-order valence-electron chi connectivity index (χ1n) is 6.15. The Labute approximate surface area is 117 Å². The molecular formula is C12H21N3O3S. The predicted molar refractivity (Wildman–Crippen MR) is 75.2 cm³/mol. The molecule has 3 N–H and O–H groups in total. The minimum atomic E-state index is -0.727. The quantitative estimate of drug-likeness (QED) is 0.674. The number of nitrogens with one attached hydrogen (secondary N) is 1. The van der Waals surface area contributed by atoms with Crippen LogP contribution >= 0.6 is 11.3 Å². The zero-order chi connectivity index (χ0) is 14.5. The summed E-state index contributed by atoms with van der Waals surface area (Å²) in [7, 11) is 0. The van der Waals surface area contributed by atoms with Gasteiger partial charge in [-0.05, 0) is 13.8 Å². The Kier molecular flexibility index (Phi) is 5.86. The molecule has 0 saturated carbocycles. The van der Waals surface area contributed by atoms with Gasteiger partial charge < -0.3 is 15.5 Å². The van der Waals surface area contributed by atoms with Crippen molar-refractivity contribution in [1.29, 1.82) is 0 Å². The van der Waals surface area contributed by atoms with E-state index in [2.05, 4.69) is 10.3 Å². The summed E-state index contributed by atoms with van der Waals surface area (Å²) >= 11 is 1.41. The molecule has 108 valence electrons. The van der Waals surface area contributed by atoms with Crippen molar-refractivity contribution in [1.82, 2.24) is 10.3 Å². The molecule has 1 rings (SSSR count). The van der Waals surface area contributed by atoms with E-state index in [4.69, 9.17) is 0 Å². The Bertz CT molecular complexity index is 418. The van der Waals surface area contributed by atoms with Crippen molar-refractivity contribution < 1.29 is 15.0 Å². The number of carbonyl (C=O) groups is 1. The van der Waals surface area contributed by atoms with E-state index in [-0.39, 0.29) is 19.1 Å². The van der Waals surface area contributed by atoms with Gasteiger partial charge in [0.1, 0.15) is 0 Å². The first-order chi connectivity index (χ1) is 8.95. The van der Waals surface area contributed by atoms with Crippen LogP contribution in [-0.2, 0) is 11.3 Å². The zero-order valence-electron chi connectivity index (χ0n) is 11.5. The van der Waals surface area contributed by atoms with Crippen LogP contribution < -0.4 is 10.2 Å². The van der Waals surface area contributed by atoms with Crippen molar-refractivity contribution in [2.75, 3.05) is 24.7 Å². The first-order valence-corrected chi connectivity index (χ1v) is 7.03. The third-order valence-corrected chi connectivity index (χ3v) is 3.77. The van der Waals surface area contributed by atoms with Crippen molar-refractivity contribution in [2.24, 2.45) is 0 Å². The molecule has 0 unspecified atom stereocenters. The fraction of sp³-hybridized carbons (Fsp3) is 0.667. The summed E-state index contributed by atoms with van der Waals surface area (Å²) in [5.74, 6) is -0.0353. The van der Waals surface area contributed by atoms with Gasteiger partial charge in [0, 0.05) is 25.4 Å². The Morgan fingerprint density at radius 3 is 2.63 bits per heavy atom. The number of aliphatic hydroxyl groups excluding tert-OH is 2. The predicted octanol–water partition coefficient (Wildman–Crippen LogP) is 0.349. The van der Waals surface area contributed by atoms with Gasteiger partial charge in [-0.3, -0.25) is 9.69 Å². The summed E-state index contributed by atoms with van der Waals surface area (Å²) in [6.07, 6.45) is 0. The van der Waals surface area contributed by atoms with E-state index < -0.39 is 5.54 Å². The van der Waals surface area contributed by atoms with Crippen LogP contribution in [-0.4, -0.2) is 46.4 Å². The van der Waals surface area contributed by atoms with Gasteiger partial charge in [0.2, 0.25) is 5.91 Å². The SMILES string of the molecule is CCN(C(C)=O)c1nc(CNC(C)(CO)CO)cs1. The van der Waals surface area contributed by atoms with Gasteiger partial charge in [0.25, 0.3) is 0 Å². The second-order valence-corrected chi connectivity index (χ2v) is 5.45. The van der Waals surface area contributed by atoms with Gasteiger partial charge in [-0.25, -0.2) is 4.98 Å². The molecule has 1 aromatic heterocycles. The van der Waals surface area contributed by atoms with Crippen molar-refractivity contribution in [3.63, 3.8) is 0 Å². The van der Waals surface area contributed by atoms with Crippen LogP contribution in [0.2, 0.25) is 0 Å². The molecule has 0 bridgehead atoms. The third kappa shape index (κ3) is 4.24. The lowest BCUT2D eigenvalue weighted by Crippen LogP contribution is -2.48. The van der Waals surface area contributed by atoms with Gasteiger partial charge in [-0.15, -0.1) is 11.3 Å². The molecule has 1 heterocycles. The highest BCUT2D eigenvalue weighted by molar-refractivity contribution is 7.14. The Morgan fingerprint density at radius 1 is 1.53 bits per heavy atom. The Morgan fingerprint density at radius 2 is 2.16 bits per heavy atom. The van der Waals surface area contributed by atoms with E-state index in [1.807, 2.05) is 12.3 Å². The summed E-state index contributed by atoms with van der Waals surface area (Å²) in [6.45, 7) is 5.84. The van der Waals surface area contributed by atoms with Crippen LogP contribution in [0.4, 0.5) is 5.13 Å². The maximum Gasteiger partial charge on any atom is 0.225 e. The number of carbonyl (C=O) groups excluding carboxylic acids is 1. The number of rotatable bonds is 7. The smallest absolute Gasteiger partial charge is 0.225 e. The number of anilines is 1. The van der Waals surface area contributed by atoms with Crippen LogP contribution in [0.3, 0.4) is 0 Å². The van der Waals surface area contributed by atoms with Crippen LogP contribution in [0.5, 0.6) is 0 Å². The molecule has 0 aliphatic rings. The number of aromatic nitrogens is 1. The minimum absolute atomic E-state index is 0.0353. The van der Waals surface area contributed by atoms with Crippen molar-refractivity contribution in [3.8, 4) is 0 Å². The van der Waals surface area contributed by atoms with Crippen LogP contribution in [0, 0.1) is 0 Å². The number of aliphatic hydroxyl groups is 2. The van der Waals surface area contributed by atoms with E-state index in [0.29, 0.717) is 18.2 Å². The van der Waals surface area contributed by atoms with E-state index >= 15 is 0 Å². The molecule has 0 aromatic carbocycles. The summed E-state index contributed by atoms with van der Waals surface area (Å²) < 4.78 is 0. The van der Waals surface area contributed by atoms with E-state index in [1.54, 1.807) is 11.8 Å². The Balaban J connectivity index is 2.67. The third-order valence-electron chi connectivity index (χ3n) is 2.86. The molecule has 1 aromatic rings. The summed E-state index contributed by atoms with van der Waals surface area (Å²) in [5, 5.41) is 23.9. The van der Waals surface area contributed by atoms with Crippen LogP contribution in [0.15, 0.2) is 5.38 Å². The van der Waals surface area contributed by atoms with Crippen molar-refractivity contribution in [3.05, 3.63) is 11.1 Å². The molecule has 0 saturated heterocycles. The molecule has 0 radical (unpaired) electrons. The molecule has 1 amide bonds. The van der Waals surface area contributed by atoms with Crippen molar-refractivity contribution in [2.45, 2.75) is 32.9 Å². The van der Waals surface area contributed by atoms with E-state index in [9.17, 15) is 15.0 Å². The number of nitrogens with zero attached hydrogens (tertiary/aromatic N) is 2. The van der Waals surface area contributed by atoms with Gasteiger partial charge >= 0.3 is 0 Å². The van der Waals surface area contributed by atoms with Gasteiger partial charge in [-0.1, -0.05) is 0 Å². The van der Waals surface area contributed by atoms with Crippen molar-refractivity contribution >= 4 is 22.4 Å². The first kappa shape index (κ1) is 16.0. The number of hydrogen-bond acceptors (Lipinski definition) is 6. The van der Waals surface area contributed by atoms with E-state index in [1.165, 1.54) is 18.3 Å². The molecule has 0 spiro atoms. The van der Waals surface area contributed by atoms with Crippen LogP contribution in [0.1, 0.15) is 26.5 Å². The molecular weight excluding hydrogens is 266 g/mol. The fourth-order valence-corrected chi connectivity index (χ4v) is 2.39. The molecule has 0 aliphatic heterocycles. The van der Waals surface area contributed by atoms with Gasteiger partial charge in [0.05, 0.1) is 24.4 Å². The Hall–Kier alpha value is -1.02. The largest absolute Gasteiger partial charge is 0.394 e. The maximum atomic E-state index is 11.4. The topological polar surface area (TPSA) is 85.7 Å². The average Bonchev–Trinajstić information content (AvgIpc) is 2.85. The number of thiazole rings is 1. The van der Waals surface area contributed by atoms with Gasteiger partial charge in [-0.2, -0.15) is 0 Å². The molecule has 0 atom stereocenters. The van der Waals surface area contributed by atoms with Gasteiger partial charge in [0.15, 0.2) is 5.13 Å². The molecule has 7 heteroatoms. The normalized spacial score (nSPS) is 11.6. The highest BCUT2D eigenvalue weighted by Crippen LogP contribution is 2.20. The highest BCUT2D eigenvalue weighted by atomic mass is 32.1. The van der Waals surface area contributed by atoms with Crippen LogP contribution in [0.25, 0.3) is 0 Å². The van der Waals surface area contributed by atoms with E-state index in [0.717, 1.165) is 5.69 Å². The average molecular weight is 287 g/mol. The number of hydrogen-bond donors (Lipinski definition) is 3. The second kappa shape index (κ2) is 6.95. The zero-order valence-corrected chi connectivity index (χ0v) is 12.3. The molecule has 0 aliphatic carbocycles. The summed E-state index contributed by atoms with van der Waals surface area (Å²) in [6, 6.07) is 0. The minimum Gasteiger partial charge on any atom is -0.394 e. The standard InChI is InChI=1S/C12H21N3O3S/c1-4-15(9(2)18)11-14-10(6-19-11)5-13-12(3,7-16)8-17/h6,13,16-17H,4-5,7-8H2,1-3H3. The fourth-order valence-electron chi connectivity index (χ4n) is 1.46. The molecule has 19 heavy (non-hydrogen) atoms. The summed E-state index contributed by atoms with van der Waals surface area (Å²) in [4.78, 5) is 17.4. The summed E-state index contributed by atoms with van der Waals surface area (Å²) in [5.41, 5.74) is 0.0576.